The van der Waals surface area contributed by atoms with Crippen LogP contribution in [0.2, 0.25) is 0 Å². The van der Waals surface area contributed by atoms with Crippen molar-refractivity contribution >= 4 is 27.0 Å². The SMILES string of the molecule is CCn1c(=O)oc2cc(S(=O)(=O)N3CCN(C(=O)Cc4cc(OC)cc(OC)c4)CC3)ccc21. The summed E-state index contributed by atoms with van der Waals surface area (Å²) in [5, 5.41) is 0. The maximum atomic E-state index is 13.2. The number of methoxy groups -OCH3 is 2. The Morgan fingerprint density at radius 3 is 2.24 bits per heavy atom. The van der Waals surface area contributed by atoms with Gasteiger partial charge in [-0.25, -0.2) is 13.2 Å². The first-order valence-electron chi connectivity index (χ1n) is 10.9. The van der Waals surface area contributed by atoms with Gasteiger partial charge in [-0.1, -0.05) is 0 Å². The topological polar surface area (TPSA) is 111 Å². The summed E-state index contributed by atoms with van der Waals surface area (Å²) in [4.78, 5) is 26.5. The first-order chi connectivity index (χ1) is 16.3. The largest absolute Gasteiger partial charge is 0.497 e. The molecule has 1 aromatic heterocycles. The summed E-state index contributed by atoms with van der Waals surface area (Å²) >= 11 is 0. The number of aromatic nitrogens is 1. The van der Waals surface area contributed by atoms with Gasteiger partial charge in [-0.15, -0.1) is 0 Å². The van der Waals surface area contributed by atoms with E-state index in [1.807, 2.05) is 6.92 Å². The van der Waals surface area contributed by atoms with Gasteiger partial charge >= 0.3 is 5.76 Å². The minimum absolute atomic E-state index is 0.0558. The van der Waals surface area contributed by atoms with Crippen LogP contribution < -0.4 is 15.2 Å². The average Bonchev–Trinajstić information content (AvgIpc) is 3.17. The third kappa shape index (κ3) is 4.53. The molecule has 1 fully saturated rings. The van der Waals surface area contributed by atoms with Crippen LogP contribution in [0, 0.1) is 0 Å². The molecule has 0 bridgehead atoms. The Morgan fingerprint density at radius 2 is 1.65 bits per heavy atom. The first-order valence-corrected chi connectivity index (χ1v) is 12.3. The number of rotatable bonds is 7. The lowest BCUT2D eigenvalue weighted by Gasteiger charge is -2.34. The lowest BCUT2D eigenvalue weighted by molar-refractivity contribution is -0.131. The molecule has 0 aliphatic carbocycles. The second-order valence-corrected chi connectivity index (χ2v) is 9.86. The predicted octanol–water partition coefficient (Wildman–Crippen LogP) is 1.71. The number of hydrogen-bond acceptors (Lipinski definition) is 7. The van der Waals surface area contributed by atoms with Crippen molar-refractivity contribution in [2.24, 2.45) is 0 Å². The summed E-state index contributed by atoms with van der Waals surface area (Å²) < 4.78 is 44.8. The highest BCUT2D eigenvalue weighted by Gasteiger charge is 2.30. The van der Waals surface area contributed by atoms with Gasteiger partial charge in [-0.05, 0) is 36.8 Å². The fourth-order valence-electron chi connectivity index (χ4n) is 4.09. The number of hydrogen-bond donors (Lipinski definition) is 0. The normalized spacial score (nSPS) is 15.0. The molecule has 0 unspecified atom stereocenters. The second kappa shape index (κ2) is 9.51. The lowest BCUT2D eigenvalue weighted by atomic mass is 10.1. The third-order valence-electron chi connectivity index (χ3n) is 5.95. The highest BCUT2D eigenvalue weighted by atomic mass is 32.2. The number of fused-ring (bicyclic) bond motifs is 1. The van der Waals surface area contributed by atoms with E-state index in [2.05, 4.69) is 0 Å². The quantitative estimate of drug-likeness (QED) is 0.497. The van der Waals surface area contributed by atoms with Crippen LogP contribution in [0.4, 0.5) is 0 Å². The Morgan fingerprint density at radius 1 is 1.00 bits per heavy atom. The van der Waals surface area contributed by atoms with Crippen LogP contribution in [0.15, 0.2) is 50.5 Å². The molecule has 34 heavy (non-hydrogen) atoms. The Bertz CT molecular complexity index is 1350. The fourth-order valence-corrected chi connectivity index (χ4v) is 5.53. The molecule has 11 heteroatoms. The molecular weight excluding hydrogens is 462 g/mol. The van der Waals surface area contributed by atoms with E-state index in [-0.39, 0.29) is 49.0 Å². The van der Waals surface area contributed by atoms with Crippen LogP contribution in [0.25, 0.3) is 11.1 Å². The predicted molar refractivity (Wildman–Crippen MR) is 125 cm³/mol. The minimum Gasteiger partial charge on any atom is -0.497 e. The zero-order valence-electron chi connectivity index (χ0n) is 19.3. The third-order valence-corrected chi connectivity index (χ3v) is 7.85. The number of sulfonamides is 1. The lowest BCUT2D eigenvalue weighted by Crippen LogP contribution is -2.50. The fraction of sp³-hybridized carbons (Fsp3) is 0.391. The summed E-state index contributed by atoms with van der Waals surface area (Å²) in [7, 11) is -0.706. The average molecular weight is 490 g/mol. The molecule has 10 nitrogen and oxygen atoms in total. The maximum absolute atomic E-state index is 13.2. The standard InChI is InChI=1S/C23H27N3O7S/c1-4-26-20-6-5-19(15-21(20)33-23(26)28)34(29,30)25-9-7-24(8-10-25)22(27)13-16-11-17(31-2)14-18(12-16)32-3/h5-6,11-12,14-15H,4,7-10,13H2,1-3H3. The van der Waals surface area contributed by atoms with Gasteiger partial charge in [-0.2, -0.15) is 4.31 Å². The zero-order chi connectivity index (χ0) is 24.5. The molecule has 0 atom stereocenters. The summed E-state index contributed by atoms with van der Waals surface area (Å²) in [5.41, 5.74) is 1.54. The van der Waals surface area contributed by atoms with Crippen molar-refractivity contribution in [1.29, 1.82) is 0 Å². The molecule has 0 saturated carbocycles. The van der Waals surface area contributed by atoms with Gasteiger partial charge in [0.15, 0.2) is 5.58 Å². The number of benzene rings is 2. The van der Waals surface area contributed by atoms with Gasteiger partial charge in [0.1, 0.15) is 11.5 Å². The van der Waals surface area contributed by atoms with Crippen LogP contribution >= 0.6 is 0 Å². The van der Waals surface area contributed by atoms with Crippen molar-refractivity contribution in [3.63, 3.8) is 0 Å². The highest BCUT2D eigenvalue weighted by molar-refractivity contribution is 7.89. The summed E-state index contributed by atoms with van der Waals surface area (Å²) in [6.45, 7) is 3.15. The van der Waals surface area contributed by atoms with Crippen molar-refractivity contribution in [2.75, 3.05) is 40.4 Å². The van der Waals surface area contributed by atoms with Crippen molar-refractivity contribution in [1.82, 2.24) is 13.8 Å². The zero-order valence-corrected chi connectivity index (χ0v) is 20.1. The van der Waals surface area contributed by atoms with Crippen molar-refractivity contribution in [3.05, 3.63) is 52.5 Å². The van der Waals surface area contributed by atoms with Crippen molar-refractivity contribution in [3.8, 4) is 11.5 Å². The maximum Gasteiger partial charge on any atom is 0.419 e. The van der Waals surface area contributed by atoms with Crippen molar-refractivity contribution in [2.45, 2.75) is 24.8 Å². The Labute approximate surface area is 197 Å². The van der Waals surface area contributed by atoms with Gasteiger partial charge in [0, 0.05) is 44.9 Å². The molecular formula is C23H27N3O7S. The van der Waals surface area contributed by atoms with E-state index in [4.69, 9.17) is 13.9 Å². The highest BCUT2D eigenvalue weighted by Crippen LogP contribution is 2.25. The summed E-state index contributed by atoms with van der Waals surface area (Å²) in [6, 6.07) is 9.73. The molecule has 1 amide bonds. The number of piperazine rings is 1. The molecule has 0 spiro atoms. The molecule has 1 aliphatic rings. The number of nitrogens with zero attached hydrogens (tertiary/aromatic N) is 3. The molecule has 1 aliphatic heterocycles. The van der Waals surface area contributed by atoms with E-state index in [0.717, 1.165) is 5.56 Å². The molecule has 0 radical (unpaired) electrons. The van der Waals surface area contributed by atoms with Crippen LogP contribution in [0.5, 0.6) is 11.5 Å². The number of carbonyl (C=O) groups is 1. The minimum atomic E-state index is -3.80. The molecule has 3 aromatic rings. The molecule has 1 saturated heterocycles. The van der Waals surface area contributed by atoms with E-state index in [9.17, 15) is 18.0 Å². The Balaban J connectivity index is 1.44. The number of oxazole rings is 1. The monoisotopic (exact) mass is 489 g/mol. The van der Waals surface area contributed by atoms with Crippen molar-refractivity contribution < 1.29 is 27.1 Å². The molecule has 2 heterocycles. The van der Waals surface area contributed by atoms with Gasteiger partial charge < -0.3 is 18.8 Å². The van der Waals surface area contributed by atoms with Crippen LogP contribution in [0.3, 0.4) is 0 Å². The molecule has 182 valence electrons. The molecule has 4 rings (SSSR count). The van der Waals surface area contributed by atoms with E-state index in [1.54, 1.807) is 43.4 Å². The smallest absolute Gasteiger partial charge is 0.419 e. The second-order valence-electron chi connectivity index (χ2n) is 7.92. The van der Waals surface area contributed by atoms with E-state index in [0.29, 0.717) is 23.6 Å². The number of ether oxygens (including phenoxy) is 2. The summed E-state index contributed by atoms with van der Waals surface area (Å²) in [5.74, 6) is 0.574. The Kier molecular flexibility index (Phi) is 6.67. The molecule has 0 N–H and O–H groups in total. The Hall–Kier alpha value is -3.31. The van der Waals surface area contributed by atoms with E-state index >= 15 is 0 Å². The van der Waals surface area contributed by atoms with Gasteiger partial charge in [0.25, 0.3) is 0 Å². The van der Waals surface area contributed by atoms with Gasteiger partial charge in [0.2, 0.25) is 15.9 Å². The molecule has 2 aromatic carbocycles. The number of aryl methyl sites for hydroxylation is 1. The first kappa shape index (κ1) is 23.8. The van der Waals surface area contributed by atoms with Crippen LogP contribution in [-0.2, 0) is 27.8 Å². The van der Waals surface area contributed by atoms with E-state index < -0.39 is 15.8 Å². The van der Waals surface area contributed by atoms with Crippen LogP contribution in [0.1, 0.15) is 12.5 Å². The van der Waals surface area contributed by atoms with E-state index in [1.165, 1.54) is 21.0 Å². The van der Waals surface area contributed by atoms with Gasteiger partial charge in [-0.3, -0.25) is 9.36 Å². The number of carbonyl (C=O) groups excluding carboxylic acids is 1. The summed E-state index contributed by atoms with van der Waals surface area (Å²) in [6.07, 6.45) is 0.157. The number of amides is 1. The van der Waals surface area contributed by atoms with Gasteiger partial charge in [0.05, 0.1) is 31.1 Å². The van der Waals surface area contributed by atoms with Crippen LogP contribution in [-0.4, -0.2) is 68.5 Å².